The summed E-state index contributed by atoms with van der Waals surface area (Å²) in [7, 11) is 1.83. The van der Waals surface area contributed by atoms with E-state index in [1.54, 1.807) is 14.2 Å². The Morgan fingerprint density at radius 2 is 1.69 bits per heavy atom. The Hall–Kier alpha value is -0.883. The van der Waals surface area contributed by atoms with Crippen LogP contribution in [0.4, 0.5) is 0 Å². The Balaban J connectivity index is 1.65. The van der Waals surface area contributed by atoms with E-state index in [4.69, 9.17) is 19.3 Å². The predicted molar refractivity (Wildman–Crippen MR) is 133 cm³/mol. The van der Waals surface area contributed by atoms with Crippen molar-refractivity contribution < 1.29 is 14.1 Å². The minimum atomic E-state index is -1.57. The number of nitrogens with zero attached hydrogens (tertiary/aromatic N) is 2. The second-order valence-electron chi connectivity index (χ2n) is 12.6. The third-order valence-electron chi connectivity index (χ3n) is 9.81. The fourth-order valence-electron chi connectivity index (χ4n) is 8.78. The second kappa shape index (κ2) is 8.72. The van der Waals surface area contributed by atoms with Crippen molar-refractivity contribution in [3.63, 3.8) is 0 Å². The average Bonchev–Trinajstić information content (AvgIpc) is 3.04. The molecule has 0 aromatic heterocycles. The van der Waals surface area contributed by atoms with E-state index in [9.17, 15) is 0 Å². The fraction of sp³-hybridized carbons (Fsp3) is 0.923. The molecule has 32 heavy (non-hydrogen) atoms. The first-order chi connectivity index (χ1) is 15.0. The lowest BCUT2D eigenvalue weighted by molar-refractivity contribution is -0.0580. The SMILES string of the molecule is CON=C1CC[C@]2(C)C3C(=NOC)C[C@@]4(C)C(CC[C@@H]4[C@H](C)O[Si](C)(C)C)C3CC[C@@H]2C1. The summed E-state index contributed by atoms with van der Waals surface area (Å²) in [6.07, 6.45) is 9.97. The Bertz CT molecular complexity index is 763. The molecule has 0 bridgehead atoms. The van der Waals surface area contributed by atoms with Crippen molar-refractivity contribution in [2.45, 2.75) is 97.9 Å². The molecule has 4 fully saturated rings. The Morgan fingerprint density at radius 1 is 0.969 bits per heavy atom. The molecule has 4 aliphatic rings. The zero-order chi connectivity index (χ0) is 23.3. The predicted octanol–water partition coefficient (Wildman–Crippen LogP) is 6.50. The molecule has 4 aliphatic carbocycles. The molecular formula is C26H46N2O3Si. The van der Waals surface area contributed by atoms with Crippen LogP contribution in [0.3, 0.4) is 0 Å². The highest BCUT2D eigenvalue weighted by atomic mass is 28.4. The third kappa shape index (κ3) is 4.08. The third-order valence-corrected chi connectivity index (χ3v) is 10.9. The molecule has 0 aromatic rings. The molecule has 0 heterocycles. The molecule has 4 saturated carbocycles. The lowest BCUT2D eigenvalue weighted by Crippen LogP contribution is -2.58. The molecule has 0 spiro atoms. The van der Waals surface area contributed by atoms with Crippen molar-refractivity contribution in [2.24, 2.45) is 50.7 Å². The first-order valence-corrected chi connectivity index (χ1v) is 16.3. The summed E-state index contributed by atoms with van der Waals surface area (Å²) in [5.74, 6) is 3.31. The highest BCUT2D eigenvalue weighted by Gasteiger charge is 2.63. The van der Waals surface area contributed by atoms with Crippen LogP contribution < -0.4 is 0 Å². The average molecular weight is 463 g/mol. The van der Waals surface area contributed by atoms with Crippen molar-refractivity contribution in [3.8, 4) is 0 Å². The van der Waals surface area contributed by atoms with Gasteiger partial charge in [-0.2, -0.15) is 0 Å². The molecule has 0 aromatic carbocycles. The summed E-state index contributed by atoms with van der Waals surface area (Å²) in [6.45, 7) is 14.4. The van der Waals surface area contributed by atoms with Crippen LogP contribution in [-0.2, 0) is 14.1 Å². The Kier molecular flexibility index (Phi) is 6.61. The van der Waals surface area contributed by atoms with Gasteiger partial charge < -0.3 is 14.1 Å². The van der Waals surface area contributed by atoms with Crippen LogP contribution in [-0.4, -0.2) is 40.1 Å². The minimum Gasteiger partial charge on any atom is -0.415 e. The van der Waals surface area contributed by atoms with Crippen LogP contribution in [0.2, 0.25) is 19.6 Å². The van der Waals surface area contributed by atoms with Crippen molar-refractivity contribution in [1.82, 2.24) is 0 Å². The molecule has 8 atom stereocenters. The van der Waals surface area contributed by atoms with Gasteiger partial charge in [-0.15, -0.1) is 0 Å². The molecular weight excluding hydrogens is 416 g/mol. The topological polar surface area (TPSA) is 52.4 Å². The van der Waals surface area contributed by atoms with Gasteiger partial charge in [0.2, 0.25) is 0 Å². The molecule has 6 heteroatoms. The van der Waals surface area contributed by atoms with E-state index in [0.29, 0.717) is 29.8 Å². The zero-order valence-electron chi connectivity index (χ0n) is 21.7. The van der Waals surface area contributed by atoms with Crippen molar-refractivity contribution in [3.05, 3.63) is 0 Å². The van der Waals surface area contributed by atoms with E-state index in [-0.39, 0.29) is 10.8 Å². The molecule has 5 nitrogen and oxygen atoms in total. The van der Waals surface area contributed by atoms with Gasteiger partial charge in [0, 0.05) is 12.0 Å². The van der Waals surface area contributed by atoms with Crippen molar-refractivity contribution in [2.75, 3.05) is 14.2 Å². The van der Waals surface area contributed by atoms with Crippen LogP contribution in [0.5, 0.6) is 0 Å². The van der Waals surface area contributed by atoms with Crippen molar-refractivity contribution in [1.29, 1.82) is 0 Å². The van der Waals surface area contributed by atoms with Crippen LogP contribution in [0, 0.1) is 40.4 Å². The monoisotopic (exact) mass is 462 g/mol. The van der Waals surface area contributed by atoms with Gasteiger partial charge in [-0.1, -0.05) is 24.2 Å². The van der Waals surface area contributed by atoms with Crippen LogP contribution >= 0.6 is 0 Å². The molecule has 182 valence electrons. The number of fused-ring (bicyclic) bond motifs is 5. The molecule has 0 amide bonds. The van der Waals surface area contributed by atoms with Gasteiger partial charge in [0.05, 0.1) is 11.4 Å². The first kappa shape index (κ1) is 24.2. The maximum Gasteiger partial charge on any atom is 0.184 e. The second-order valence-corrected chi connectivity index (χ2v) is 17.1. The molecule has 0 aliphatic heterocycles. The summed E-state index contributed by atoms with van der Waals surface area (Å²) < 4.78 is 6.65. The summed E-state index contributed by atoms with van der Waals surface area (Å²) in [5.41, 5.74) is 3.13. The van der Waals surface area contributed by atoms with Crippen LogP contribution in [0.25, 0.3) is 0 Å². The normalized spacial score (nSPS) is 45.2. The maximum atomic E-state index is 6.65. The fourth-order valence-corrected chi connectivity index (χ4v) is 10.1. The standard InChI is InChI=1S/C26H46N2O3Si/c1-17(31-32(6,7)8)21-11-12-22-20-10-9-18-15-19(27-29-4)13-14-25(18,2)24(20)23(28-30-5)16-26(21,22)3/h17-18,20-22,24H,9-16H2,1-8H3/t17-,18+,20?,21+,22?,24?,25-,26+/m0/s1. The van der Waals surface area contributed by atoms with Crippen LogP contribution in [0.1, 0.15) is 72.1 Å². The van der Waals surface area contributed by atoms with Gasteiger partial charge in [0.15, 0.2) is 8.32 Å². The lowest BCUT2D eigenvalue weighted by Gasteiger charge is -2.60. The van der Waals surface area contributed by atoms with E-state index in [2.05, 4.69) is 45.6 Å². The van der Waals surface area contributed by atoms with E-state index in [0.717, 1.165) is 25.2 Å². The molecule has 0 saturated heterocycles. The first-order valence-electron chi connectivity index (χ1n) is 12.9. The summed E-state index contributed by atoms with van der Waals surface area (Å²) in [6, 6.07) is 0. The lowest BCUT2D eigenvalue weighted by atomic mass is 9.44. The Labute approximate surface area is 196 Å². The summed E-state index contributed by atoms with van der Waals surface area (Å²) >= 11 is 0. The summed E-state index contributed by atoms with van der Waals surface area (Å²) in [4.78, 5) is 10.6. The number of hydrogen-bond acceptors (Lipinski definition) is 5. The van der Waals surface area contributed by atoms with Gasteiger partial charge >= 0.3 is 0 Å². The molecule has 0 radical (unpaired) electrons. The highest BCUT2D eigenvalue weighted by molar-refractivity contribution is 6.69. The van der Waals surface area contributed by atoms with Gasteiger partial charge in [0.1, 0.15) is 14.2 Å². The zero-order valence-corrected chi connectivity index (χ0v) is 22.7. The molecule has 0 N–H and O–H groups in total. The van der Waals surface area contributed by atoms with Gasteiger partial charge in [-0.05, 0) is 112 Å². The number of oxime groups is 2. The largest absolute Gasteiger partial charge is 0.415 e. The van der Waals surface area contributed by atoms with Gasteiger partial charge in [-0.3, -0.25) is 0 Å². The van der Waals surface area contributed by atoms with E-state index in [1.165, 1.54) is 43.5 Å². The van der Waals surface area contributed by atoms with Crippen molar-refractivity contribution >= 4 is 19.7 Å². The molecule has 4 rings (SSSR count). The van der Waals surface area contributed by atoms with Gasteiger partial charge in [-0.25, -0.2) is 0 Å². The smallest absolute Gasteiger partial charge is 0.184 e. The van der Waals surface area contributed by atoms with E-state index < -0.39 is 8.32 Å². The minimum absolute atomic E-state index is 0.262. The quantitative estimate of drug-likeness (QED) is 0.346. The highest BCUT2D eigenvalue weighted by Crippen LogP contribution is 2.67. The van der Waals surface area contributed by atoms with Gasteiger partial charge in [0.25, 0.3) is 0 Å². The Morgan fingerprint density at radius 3 is 2.34 bits per heavy atom. The molecule has 3 unspecified atom stereocenters. The van der Waals surface area contributed by atoms with E-state index in [1.807, 2.05) is 0 Å². The number of hydrogen-bond donors (Lipinski definition) is 0. The van der Waals surface area contributed by atoms with E-state index >= 15 is 0 Å². The summed E-state index contributed by atoms with van der Waals surface area (Å²) in [5, 5.41) is 9.10. The number of rotatable bonds is 5. The maximum absolute atomic E-state index is 6.65. The van der Waals surface area contributed by atoms with Crippen LogP contribution in [0.15, 0.2) is 10.3 Å².